The molecule has 1 amide bonds. The molecule has 1 N–H and O–H groups in total. The molecule has 0 unspecified atom stereocenters. The number of hydrogen-bond donors (Lipinski definition) is 1. The van der Waals surface area contributed by atoms with Crippen LogP contribution in [0.1, 0.15) is 22.5 Å². The second kappa shape index (κ2) is 5.83. The smallest absolute Gasteiger partial charge is 0.273 e. The van der Waals surface area contributed by atoms with E-state index in [0.29, 0.717) is 12.3 Å². The zero-order chi connectivity index (χ0) is 13.7. The highest BCUT2D eigenvalue weighted by molar-refractivity contribution is 5.93. The van der Waals surface area contributed by atoms with Gasteiger partial charge in [-0.25, -0.2) is 0 Å². The molecule has 0 aliphatic rings. The largest absolute Gasteiger partial charge is 0.355 e. The Bertz CT molecular complexity index is 626. The summed E-state index contributed by atoms with van der Waals surface area (Å²) in [5.74, 6) is 0.215. The summed E-state index contributed by atoms with van der Waals surface area (Å²) < 4.78 is 5.16. The first-order valence-corrected chi connectivity index (χ1v) is 5.89. The molecule has 0 bridgehead atoms. The van der Waals surface area contributed by atoms with Gasteiger partial charge in [0.1, 0.15) is 0 Å². The molecule has 1 aromatic carbocycles. The topological polar surface area (TPSA) is 78.9 Å². The summed E-state index contributed by atoms with van der Waals surface area (Å²) in [5.41, 5.74) is 2.20. The molecule has 0 aliphatic heterocycles. The third-order valence-electron chi connectivity index (χ3n) is 2.57. The molecular weight excluding hydrogens is 242 g/mol. The van der Waals surface area contributed by atoms with Gasteiger partial charge in [-0.1, -0.05) is 28.9 Å². The molecule has 0 saturated carbocycles. The number of benzene rings is 1. The number of nitrogens with one attached hydrogen (secondary N) is 1. The van der Waals surface area contributed by atoms with Crippen molar-refractivity contribution in [3.05, 3.63) is 41.6 Å². The molecular formula is C14H13N3O2. The van der Waals surface area contributed by atoms with Crippen LogP contribution in [0.25, 0.3) is 11.3 Å². The molecule has 5 heteroatoms. The molecule has 0 aliphatic carbocycles. The van der Waals surface area contributed by atoms with Gasteiger partial charge in [0, 0.05) is 18.2 Å². The summed E-state index contributed by atoms with van der Waals surface area (Å²) in [5, 5.41) is 14.7. The number of aromatic nitrogens is 1. The molecule has 1 heterocycles. The minimum atomic E-state index is -0.335. The Morgan fingerprint density at radius 2 is 2.32 bits per heavy atom. The third kappa shape index (κ3) is 3.19. The number of nitrogens with zero attached hydrogens (tertiary/aromatic N) is 2. The van der Waals surface area contributed by atoms with Crippen molar-refractivity contribution in [1.29, 1.82) is 5.26 Å². The molecule has 2 aromatic rings. The number of carbonyl (C=O) groups excluding carboxylic acids is 1. The van der Waals surface area contributed by atoms with Gasteiger partial charge in [-0.2, -0.15) is 5.26 Å². The normalized spacial score (nSPS) is 9.89. The van der Waals surface area contributed by atoms with E-state index in [4.69, 9.17) is 9.78 Å². The number of amides is 1. The van der Waals surface area contributed by atoms with E-state index in [2.05, 4.69) is 10.5 Å². The van der Waals surface area contributed by atoms with E-state index in [1.807, 2.05) is 37.3 Å². The monoisotopic (exact) mass is 255 g/mol. The van der Waals surface area contributed by atoms with Gasteiger partial charge in [-0.15, -0.1) is 0 Å². The predicted molar refractivity (Wildman–Crippen MR) is 69.2 cm³/mol. The number of rotatable bonds is 4. The first-order valence-electron chi connectivity index (χ1n) is 5.89. The predicted octanol–water partition coefficient (Wildman–Crippen LogP) is 2.29. The first kappa shape index (κ1) is 12.8. The van der Waals surface area contributed by atoms with Crippen LogP contribution in [0.2, 0.25) is 0 Å². The summed E-state index contributed by atoms with van der Waals surface area (Å²) in [7, 11) is 0. The maximum Gasteiger partial charge on any atom is 0.273 e. The Morgan fingerprint density at radius 3 is 3.05 bits per heavy atom. The van der Waals surface area contributed by atoms with E-state index in [-0.39, 0.29) is 18.0 Å². The molecule has 1 aromatic heterocycles. The van der Waals surface area contributed by atoms with Crippen LogP contribution in [-0.4, -0.2) is 17.6 Å². The number of carbonyl (C=O) groups is 1. The molecule has 5 nitrogen and oxygen atoms in total. The lowest BCUT2D eigenvalue weighted by Gasteiger charge is -1.97. The van der Waals surface area contributed by atoms with Crippen LogP contribution in [0, 0.1) is 18.3 Å². The van der Waals surface area contributed by atoms with Crippen molar-refractivity contribution in [3.8, 4) is 17.4 Å². The summed E-state index contributed by atoms with van der Waals surface area (Å²) in [6.07, 6.45) is 0.272. The highest BCUT2D eigenvalue weighted by Gasteiger charge is 2.13. The van der Waals surface area contributed by atoms with E-state index in [0.717, 1.165) is 11.1 Å². The fourth-order valence-corrected chi connectivity index (χ4v) is 1.64. The summed E-state index contributed by atoms with van der Waals surface area (Å²) in [6.45, 7) is 2.29. The molecule has 19 heavy (non-hydrogen) atoms. The minimum absolute atomic E-state index is 0.217. The van der Waals surface area contributed by atoms with E-state index >= 15 is 0 Å². The summed E-state index contributed by atoms with van der Waals surface area (Å²) >= 11 is 0. The SMILES string of the molecule is Cc1cccc(-c2cc(C(=O)NCCC#N)no2)c1. The number of nitriles is 1. The quantitative estimate of drug-likeness (QED) is 0.850. The van der Waals surface area contributed by atoms with Crippen molar-refractivity contribution >= 4 is 5.91 Å². The second-order valence-corrected chi connectivity index (χ2v) is 4.11. The zero-order valence-electron chi connectivity index (χ0n) is 10.5. The van der Waals surface area contributed by atoms with Crippen molar-refractivity contribution in [2.75, 3.05) is 6.54 Å². The first-order chi connectivity index (χ1) is 9.20. The molecule has 0 spiro atoms. The van der Waals surface area contributed by atoms with Crippen LogP contribution in [0.3, 0.4) is 0 Å². The van der Waals surface area contributed by atoms with Crippen LogP contribution in [0.4, 0.5) is 0 Å². The van der Waals surface area contributed by atoms with Gasteiger partial charge < -0.3 is 9.84 Å². The van der Waals surface area contributed by atoms with Crippen LogP contribution in [0.5, 0.6) is 0 Å². The van der Waals surface area contributed by atoms with E-state index < -0.39 is 0 Å². The maximum absolute atomic E-state index is 11.7. The molecule has 0 radical (unpaired) electrons. The van der Waals surface area contributed by atoms with Gasteiger partial charge in [0.15, 0.2) is 11.5 Å². The van der Waals surface area contributed by atoms with Crippen LogP contribution >= 0.6 is 0 Å². The van der Waals surface area contributed by atoms with Crippen LogP contribution in [0.15, 0.2) is 34.9 Å². The van der Waals surface area contributed by atoms with Crippen molar-refractivity contribution in [1.82, 2.24) is 10.5 Å². The van der Waals surface area contributed by atoms with E-state index in [1.54, 1.807) is 6.07 Å². The van der Waals surface area contributed by atoms with Gasteiger partial charge in [0.2, 0.25) is 0 Å². The number of hydrogen-bond acceptors (Lipinski definition) is 4. The molecule has 2 rings (SSSR count). The lowest BCUT2D eigenvalue weighted by atomic mass is 10.1. The highest BCUT2D eigenvalue weighted by atomic mass is 16.5. The van der Waals surface area contributed by atoms with Crippen LogP contribution in [-0.2, 0) is 0 Å². The Hall–Kier alpha value is -2.61. The van der Waals surface area contributed by atoms with Gasteiger partial charge >= 0.3 is 0 Å². The lowest BCUT2D eigenvalue weighted by Crippen LogP contribution is -2.24. The van der Waals surface area contributed by atoms with Crippen LogP contribution < -0.4 is 5.32 Å². The van der Waals surface area contributed by atoms with E-state index in [1.165, 1.54) is 0 Å². The van der Waals surface area contributed by atoms with Gasteiger partial charge in [-0.3, -0.25) is 4.79 Å². The maximum atomic E-state index is 11.7. The van der Waals surface area contributed by atoms with Crippen molar-refractivity contribution in [2.45, 2.75) is 13.3 Å². The van der Waals surface area contributed by atoms with Gasteiger partial charge in [0.25, 0.3) is 5.91 Å². The average Bonchev–Trinajstić information content (AvgIpc) is 2.88. The molecule has 0 saturated heterocycles. The highest BCUT2D eigenvalue weighted by Crippen LogP contribution is 2.21. The third-order valence-corrected chi connectivity index (χ3v) is 2.57. The van der Waals surface area contributed by atoms with E-state index in [9.17, 15) is 4.79 Å². The Kier molecular flexibility index (Phi) is 3.94. The minimum Gasteiger partial charge on any atom is -0.355 e. The molecule has 0 atom stereocenters. The Labute approximate surface area is 110 Å². The van der Waals surface area contributed by atoms with Crippen molar-refractivity contribution in [2.24, 2.45) is 0 Å². The molecule has 0 fully saturated rings. The average molecular weight is 255 g/mol. The van der Waals surface area contributed by atoms with Crippen molar-refractivity contribution < 1.29 is 9.32 Å². The lowest BCUT2D eigenvalue weighted by molar-refractivity contribution is 0.0945. The Morgan fingerprint density at radius 1 is 1.47 bits per heavy atom. The summed E-state index contributed by atoms with van der Waals surface area (Å²) in [6, 6.07) is 11.3. The second-order valence-electron chi connectivity index (χ2n) is 4.11. The number of aryl methyl sites for hydroxylation is 1. The summed E-state index contributed by atoms with van der Waals surface area (Å²) in [4.78, 5) is 11.7. The van der Waals surface area contributed by atoms with Crippen molar-refractivity contribution in [3.63, 3.8) is 0 Å². The van der Waals surface area contributed by atoms with Gasteiger partial charge in [-0.05, 0) is 13.0 Å². The standard InChI is InChI=1S/C14H13N3O2/c1-10-4-2-5-11(8-10)13-9-12(17-19-13)14(18)16-7-3-6-15/h2,4-5,8-9H,3,7H2,1H3,(H,16,18). The van der Waals surface area contributed by atoms with Gasteiger partial charge in [0.05, 0.1) is 12.5 Å². The fourth-order valence-electron chi connectivity index (χ4n) is 1.64. The zero-order valence-corrected chi connectivity index (χ0v) is 10.5. The molecule has 96 valence electrons. The fraction of sp³-hybridized carbons (Fsp3) is 0.214. The Balaban J connectivity index is 2.11.